The quantitative estimate of drug-likeness (QED) is 0.122. The van der Waals surface area contributed by atoms with Crippen LogP contribution in [0.4, 0.5) is 0 Å². The Morgan fingerprint density at radius 3 is 2.26 bits per heavy atom. The lowest BCUT2D eigenvalue weighted by molar-refractivity contribution is 0.00354. The third kappa shape index (κ3) is 9.76. The average Bonchev–Trinajstić information content (AvgIpc) is 3.49. The minimum Gasteiger partial charge on any atom is -0.354 e. The first-order valence-corrected chi connectivity index (χ1v) is 19.1. The number of unbranched alkanes of at least 4 members (excludes halogenated alkanes) is 7. The molecule has 2 aliphatic carbocycles. The van der Waals surface area contributed by atoms with E-state index >= 15 is 0 Å². The Morgan fingerprint density at radius 2 is 1.47 bits per heavy atom. The molecule has 0 spiro atoms. The first kappa shape index (κ1) is 34.4. The zero-order valence-corrected chi connectivity index (χ0v) is 28.9. The molecule has 0 aromatic rings. The molecule has 248 valence electrons. The van der Waals surface area contributed by atoms with Gasteiger partial charge in [0.25, 0.3) is 0 Å². The molecule has 2 heterocycles. The normalized spacial score (nSPS) is 30.9. The molecule has 2 saturated heterocycles. The lowest BCUT2D eigenvalue weighted by Gasteiger charge is -2.51. The maximum Gasteiger partial charge on any atom is 0.194 e. The first-order chi connectivity index (χ1) is 20.9. The van der Waals surface area contributed by atoms with Crippen LogP contribution >= 0.6 is 0 Å². The number of nitrogens with one attached hydrogen (secondary N) is 3. The predicted molar refractivity (Wildman–Crippen MR) is 184 cm³/mol. The van der Waals surface area contributed by atoms with Gasteiger partial charge in [0.1, 0.15) is 0 Å². The van der Waals surface area contributed by atoms with Crippen LogP contribution in [-0.4, -0.2) is 71.4 Å². The van der Waals surface area contributed by atoms with Gasteiger partial charge >= 0.3 is 0 Å². The third-order valence-corrected chi connectivity index (χ3v) is 11.8. The summed E-state index contributed by atoms with van der Waals surface area (Å²) in [5.74, 6) is 4.34. The minimum atomic E-state index is 0.471. The van der Waals surface area contributed by atoms with Crippen molar-refractivity contribution in [1.29, 1.82) is 10.8 Å². The van der Waals surface area contributed by atoms with Crippen LogP contribution in [0.2, 0.25) is 0 Å². The van der Waals surface area contributed by atoms with Crippen molar-refractivity contribution in [3.8, 4) is 0 Å². The van der Waals surface area contributed by atoms with Crippen LogP contribution in [0, 0.1) is 34.0 Å². The fourth-order valence-corrected chi connectivity index (χ4v) is 9.78. The predicted octanol–water partition coefficient (Wildman–Crippen LogP) is 8.86. The van der Waals surface area contributed by atoms with E-state index in [4.69, 9.17) is 10.8 Å². The molecule has 3 N–H and O–H groups in total. The van der Waals surface area contributed by atoms with Gasteiger partial charge < -0.3 is 20.0 Å². The molecule has 6 atom stereocenters. The summed E-state index contributed by atoms with van der Waals surface area (Å²) in [6.07, 6.45) is 26.6. The summed E-state index contributed by atoms with van der Waals surface area (Å²) in [5, 5.41) is 20.9. The van der Waals surface area contributed by atoms with Gasteiger partial charge in [-0.3, -0.25) is 10.8 Å². The molecule has 2 saturated carbocycles. The number of nitrogens with zero attached hydrogens (tertiary/aromatic N) is 3. The molecule has 6 nitrogen and oxygen atoms in total. The zero-order valence-electron chi connectivity index (χ0n) is 28.9. The molecule has 0 amide bonds. The largest absolute Gasteiger partial charge is 0.354 e. The van der Waals surface area contributed by atoms with E-state index in [2.05, 4.69) is 47.7 Å². The van der Waals surface area contributed by atoms with Gasteiger partial charge in [0.2, 0.25) is 0 Å². The molecule has 43 heavy (non-hydrogen) atoms. The highest BCUT2D eigenvalue weighted by Crippen LogP contribution is 2.55. The Balaban J connectivity index is 1.17. The summed E-state index contributed by atoms with van der Waals surface area (Å²) in [6, 6.07) is 1.01. The Bertz CT molecular complexity index is 841. The second-order valence-corrected chi connectivity index (χ2v) is 15.5. The lowest BCUT2D eigenvalue weighted by atomic mass is 9.55. The SMILES string of the molecule is CCCCCCCN1C(=N)N(CCCC[C@H]2CNC(=N)N2CCCCC23CC(C)CC(CC(CC)C2)C3)C[C@@H]1CCCC. The molecule has 0 aromatic heterocycles. The van der Waals surface area contributed by atoms with Gasteiger partial charge in [-0.25, -0.2) is 0 Å². The van der Waals surface area contributed by atoms with Crippen molar-refractivity contribution in [3.05, 3.63) is 0 Å². The van der Waals surface area contributed by atoms with E-state index in [0.717, 1.165) is 69.3 Å². The molecular weight excluding hydrogens is 528 g/mol. The molecule has 0 aromatic carbocycles. The molecule has 2 aliphatic heterocycles. The van der Waals surface area contributed by atoms with Crippen molar-refractivity contribution in [3.63, 3.8) is 0 Å². The number of guanidine groups is 2. The second-order valence-electron chi connectivity index (χ2n) is 15.5. The molecule has 4 unspecified atom stereocenters. The van der Waals surface area contributed by atoms with E-state index in [1.165, 1.54) is 116 Å². The van der Waals surface area contributed by atoms with Crippen molar-refractivity contribution >= 4 is 11.9 Å². The smallest absolute Gasteiger partial charge is 0.194 e. The summed E-state index contributed by atoms with van der Waals surface area (Å²) in [5.41, 5.74) is 0.626. The maximum atomic E-state index is 8.96. The molecule has 6 heteroatoms. The van der Waals surface area contributed by atoms with Crippen molar-refractivity contribution in [2.75, 3.05) is 32.7 Å². The topological polar surface area (TPSA) is 69.5 Å². The van der Waals surface area contributed by atoms with Gasteiger partial charge in [-0.05, 0) is 100 Å². The van der Waals surface area contributed by atoms with E-state index < -0.39 is 0 Å². The van der Waals surface area contributed by atoms with Crippen LogP contribution in [0.25, 0.3) is 0 Å². The van der Waals surface area contributed by atoms with Crippen molar-refractivity contribution < 1.29 is 0 Å². The fraction of sp³-hybridized carbons (Fsp3) is 0.946. The van der Waals surface area contributed by atoms with Crippen LogP contribution in [0.5, 0.6) is 0 Å². The summed E-state index contributed by atoms with van der Waals surface area (Å²) < 4.78 is 0. The van der Waals surface area contributed by atoms with Crippen molar-refractivity contribution in [1.82, 2.24) is 20.0 Å². The van der Waals surface area contributed by atoms with Crippen LogP contribution in [-0.2, 0) is 0 Å². The van der Waals surface area contributed by atoms with Gasteiger partial charge in [-0.15, -0.1) is 0 Å². The van der Waals surface area contributed by atoms with Crippen LogP contribution < -0.4 is 5.32 Å². The second kappa shape index (κ2) is 17.3. The number of fused-ring (bicyclic) bond motifs is 2. The van der Waals surface area contributed by atoms with Gasteiger partial charge in [-0.1, -0.05) is 79.1 Å². The summed E-state index contributed by atoms with van der Waals surface area (Å²) in [4.78, 5) is 7.21. The van der Waals surface area contributed by atoms with E-state index in [-0.39, 0.29) is 0 Å². The number of hydrogen-bond acceptors (Lipinski definition) is 2. The molecule has 0 radical (unpaired) electrons. The Kier molecular flexibility index (Phi) is 13.8. The van der Waals surface area contributed by atoms with E-state index in [9.17, 15) is 0 Å². The average molecular weight is 599 g/mol. The molecule has 4 aliphatic rings. The van der Waals surface area contributed by atoms with Gasteiger partial charge in [-0.2, -0.15) is 0 Å². The minimum absolute atomic E-state index is 0.471. The Morgan fingerprint density at radius 1 is 0.744 bits per heavy atom. The standard InChI is InChI=1S/C37H70N6/c1-5-8-10-11-14-22-43-34(17-9-6-2)29-41(36(43)39)20-15-12-18-33-28-40-35(38)42(33)21-16-13-19-37-25-30(4)23-32(27-37)24-31(7-3)26-37/h30-34,39H,5-29H2,1-4H3,(H2,38,40)/t30?,31?,32?,33-,34-,37?/m0/s1. The third-order valence-electron chi connectivity index (χ3n) is 11.8. The summed E-state index contributed by atoms with van der Waals surface area (Å²) >= 11 is 0. The van der Waals surface area contributed by atoms with E-state index in [1.54, 1.807) is 0 Å². The monoisotopic (exact) mass is 599 g/mol. The molecule has 4 rings (SSSR count). The van der Waals surface area contributed by atoms with Gasteiger partial charge in [0.15, 0.2) is 11.9 Å². The molecule has 2 bridgehead atoms. The molecular formula is C37H70N6. The van der Waals surface area contributed by atoms with Crippen molar-refractivity contribution in [2.45, 2.75) is 168 Å². The Hall–Kier alpha value is -1.46. The van der Waals surface area contributed by atoms with Gasteiger partial charge in [0, 0.05) is 44.8 Å². The van der Waals surface area contributed by atoms with Crippen LogP contribution in [0.3, 0.4) is 0 Å². The summed E-state index contributed by atoms with van der Waals surface area (Å²) in [7, 11) is 0. The number of rotatable bonds is 20. The highest BCUT2D eigenvalue weighted by molar-refractivity contribution is 5.80. The van der Waals surface area contributed by atoms with Gasteiger partial charge in [0.05, 0.1) is 0 Å². The number of hydrogen-bond donors (Lipinski definition) is 3. The van der Waals surface area contributed by atoms with E-state index in [0.29, 0.717) is 23.5 Å². The first-order valence-electron chi connectivity index (χ1n) is 19.1. The van der Waals surface area contributed by atoms with Crippen LogP contribution in [0.15, 0.2) is 0 Å². The van der Waals surface area contributed by atoms with E-state index in [1.807, 2.05) is 0 Å². The lowest BCUT2D eigenvalue weighted by Crippen LogP contribution is -2.40. The highest BCUT2D eigenvalue weighted by atomic mass is 15.4. The Labute approximate surface area is 266 Å². The fourth-order valence-electron chi connectivity index (χ4n) is 9.78. The van der Waals surface area contributed by atoms with Crippen molar-refractivity contribution in [2.24, 2.45) is 23.2 Å². The molecule has 4 fully saturated rings. The van der Waals surface area contributed by atoms with Crippen LogP contribution in [0.1, 0.15) is 156 Å². The highest BCUT2D eigenvalue weighted by Gasteiger charge is 2.44. The summed E-state index contributed by atoms with van der Waals surface area (Å²) in [6.45, 7) is 14.6. The zero-order chi connectivity index (χ0) is 30.7. The maximum absolute atomic E-state index is 8.96.